The number of aryl methyl sites for hydroxylation is 1. The highest BCUT2D eigenvalue weighted by atomic mass is 32.1. The number of hydrogen-bond donors (Lipinski definition) is 2. The molecule has 2 N–H and O–H groups in total. The summed E-state index contributed by atoms with van der Waals surface area (Å²) in [6.07, 6.45) is 4.49. The second kappa shape index (κ2) is 11.5. The molecular weight excluding hydrogens is 490 g/mol. The Balaban J connectivity index is 1.22. The van der Waals surface area contributed by atoms with E-state index in [1.54, 1.807) is 11.3 Å². The van der Waals surface area contributed by atoms with E-state index in [0.717, 1.165) is 51.4 Å². The first kappa shape index (κ1) is 26.2. The molecule has 0 aliphatic carbocycles. The fraction of sp³-hybridized carbons (Fsp3) is 0.355. The topological polar surface area (TPSA) is 62.3 Å². The number of aromatic nitrogens is 2. The van der Waals surface area contributed by atoms with E-state index in [-0.39, 0.29) is 5.41 Å². The van der Waals surface area contributed by atoms with Crippen molar-refractivity contribution in [2.45, 2.75) is 46.0 Å². The second-order valence-corrected chi connectivity index (χ2v) is 12.0. The van der Waals surface area contributed by atoms with Crippen LogP contribution in [0.5, 0.6) is 5.75 Å². The zero-order chi connectivity index (χ0) is 26.5. The van der Waals surface area contributed by atoms with Gasteiger partial charge >= 0.3 is 0 Å². The number of ether oxygens (including phenoxy) is 1. The predicted molar refractivity (Wildman–Crippen MR) is 159 cm³/mol. The summed E-state index contributed by atoms with van der Waals surface area (Å²) in [5.74, 6) is 1.46. The van der Waals surface area contributed by atoms with Gasteiger partial charge in [-0.05, 0) is 97.9 Å². The molecule has 198 valence electrons. The molecule has 1 aliphatic heterocycles. The Labute approximate surface area is 230 Å². The van der Waals surface area contributed by atoms with Crippen LogP contribution in [0.25, 0.3) is 10.6 Å². The molecule has 1 aliphatic rings. The van der Waals surface area contributed by atoms with Gasteiger partial charge in [0, 0.05) is 24.1 Å². The van der Waals surface area contributed by atoms with Gasteiger partial charge in [0.25, 0.3) is 0 Å². The van der Waals surface area contributed by atoms with Crippen molar-refractivity contribution in [1.29, 1.82) is 0 Å². The van der Waals surface area contributed by atoms with Crippen molar-refractivity contribution in [2.75, 3.05) is 36.9 Å². The Morgan fingerprint density at radius 2 is 1.74 bits per heavy atom. The fourth-order valence-electron chi connectivity index (χ4n) is 4.55. The molecule has 38 heavy (non-hydrogen) atoms. The molecular formula is C31H37N5OS. The largest absolute Gasteiger partial charge is 0.492 e. The molecule has 7 heteroatoms. The molecule has 0 atom stereocenters. The monoisotopic (exact) mass is 527 g/mol. The number of anilines is 4. The Hall–Kier alpha value is -3.42. The molecule has 3 heterocycles. The van der Waals surface area contributed by atoms with E-state index in [9.17, 15) is 0 Å². The lowest BCUT2D eigenvalue weighted by Crippen LogP contribution is -2.25. The number of rotatable bonds is 9. The molecule has 1 fully saturated rings. The van der Waals surface area contributed by atoms with Gasteiger partial charge in [0.2, 0.25) is 5.95 Å². The van der Waals surface area contributed by atoms with Crippen LogP contribution in [0.1, 0.15) is 44.7 Å². The van der Waals surface area contributed by atoms with Gasteiger partial charge in [-0.25, -0.2) is 9.97 Å². The first-order valence-corrected chi connectivity index (χ1v) is 14.2. The number of hydrogen-bond acceptors (Lipinski definition) is 7. The lowest BCUT2D eigenvalue weighted by Gasteiger charge is -2.19. The number of benzene rings is 2. The highest BCUT2D eigenvalue weighted by molar-refractivity contribution is 7.19. The van der Waals surface area contributed by atoms with Crippen LogP contribution in [0, 0.1) is 6.92 Å². The summed E-state index contributed by atoms with van der Waals surface area (Å²) in [7, 11) is 0. The summed E-state index contributed by atoms with van der Waals surface area (Å²) in [6, 6.07) is 20.9. The molecule has 0 unspecified atom stereocenters. The highest BCUT2D eigenvalue weighted by Gasteiger charge is 2.15. The molecule has 1 saturated heterocycles. The molecule has 0 radical (unpaired) electrons. The van der Waals surface area contributed by atoms with Crippen molar-refractivity contribution in [3.05, 3.63) is 78.0 Å². The molecule has 2 aromatic carbocycles. The lowest BCUT2D eigenvalue weighted by molar-refractivity contribution is 0.238. The second-order valence-electron chi connectivity index (χ2n) is 10.9. The minimum atomic E-state index is 0.112. The van der Waals surface area contributed by atoms with E-state index in [1.165, 1.54) is 31.5 Å². The lowest BCUT2D eigenvalue weighted by atomic mass is 9.87. The van der Waals surface area contributed by atoms with Gasteiger partial charge in [-0.3, -0.25) is 4.90 Å². The Bertz CT molecular complexity index is 1350. The number of nitrogens with one attached hydrogen (secondary N) is 2. The van der Waals surface area contributed by atoms with Gasteiger partial charge in [-0.1, -0.05) is 32.9 Å². The summed E-state index contributed by atoms with van der Waals surface area (Å²) >= 11 is 1.69. The van der Waals surface area contributed by atoms with Crippen LogP contribution < -0.4 is 15.4 Å². The van der Waals surface area contributed by atoms with Gasteiger partial charge in [0.15, 0.2) is 0 Å². The van der Waals surface area contributed by atoms with Gasteiger partial charge in [0.1, 0.15) is 12.4 Å². The van der Waals surface area contributed by atoms with E-state index in [0.29, 0.717) is 5.95 Å². The van der Waals surface area contributed by atoms with Crippen LogP contribution in [0.3, 0.4) is 0 Å². The summed E-state index contributed by atoms with van der Waals surface area (Å²) in [4.78, 5) is 12.9. The van der Waals surface area contributed by atoms with Crippen LogP contribution in [0.2, 0.25) is 0 Å². The smallest absolute Gasteiger partial charge is 0.227 e. The quantitative estimate of drug-likeness (QED) is 0.232. The van der Waals surface area contributed by atoms with E-state index in [4.69, 9.17) is 9.72 Å². The van der Waals surface area contributed by atoms with E-state index >= 15 is 0 Å². The van der Waals surface area contributed by atoms with E-state index < -0.39 is 0 Å². The molecule has 0 saturated carbocycles. The molecule has 4 aromatic rings. The van der Waals surface area contributed by atoms with Crippen LogP contribution in [0.15, 0.2) is 66.9 Å². The van der Waals surface area contributed by atoms with Crippen molar-refractivity contribution >= 4 is 33.7 Å². The maximum absolute atomic E-state index is 5.93. The van der Waals surface area contributed by atoms with Crippen LogP contribution >= 0.6 is 11.3 Å². The first-order valence-electron chi connectivity index (χ1n) is 13.4. The van der Waals surface area contributed by atoms with Crippen molar-refractivity contribution in [2.24, 2.45) is 0 Å². The third-order valence-corrected chi connectivity index (χ3v) is 7.80. The minimum Gasteiger partial charge on any atom is -0.492 e. The maximum atomic E-state index is 5.93. The van der Waals surface area contributed by atoms with Crippen molar-refractivity contribution in [3.63, 3.8) is 0 Å². The van der Waals surface area contributed by atoms with Crippen LogP contribution in [0.4, 0.5) is 22.3 Å². The van der Waals surface area contributed by atoms with Gasteiger partial charge in [-0.15, -0.1) is 11.3 Å². The number of nitrogens with zero attached hydrogens (tertiary/aromatic N) is 3. The molecule has 0 spiro atoms. The van der Waals surface area contributed by atoms with Crippen molar-refractivity contribution < 1.29 is 4.74 Å². The molecule has 5 rings (SSSR count). The third-order valence-electron chi connectivity index (χ3n) is 6.79. The summed E-state index contributed by atoms with van der Waals surface area (Å²) in [5, 5.41) is 7.98. The van der Waals surface area contributed by atoms with Crippen LogP contribution in [-0.2, 0) is 5.41 Å². The summed E-state index contributed by atoms with van der Waals surface area (Å²) in [6.45, 7) is 12.8. The predicted octanol–water partition coefficient (Wildman–Crippen LogP) is 7.77. The highest BCUT2D eigenvalue weighted by Crippen LogP contribution is 2.35. The SMILES string of the molecule is Cc1cnc(Nc2ccc(OCCN3CCCC3)cc2)nc1-c1ccc(Nc2cccc(C(C)(C)C)c2)s1. The molecule has 6 nitrogen and oxygen atoms in total. The molecule has 0 bridgehead atoms. The Morgan fingerprint density at radius 3 is 2.50 bits per heavy atom. The standard InChI is InChI=1S/C31H37N5OS/c1-22-21-32-30(34-24-10-12-26(13-11-24)37-19-18-36-16-5-6-17-36)35-29(22)27-14-15-28(38-27)33-25-9-7-8-23(20-25)31(2,3)4/h7-15,20-21,33H,5-6,16-19H2,1-4H3,(H,32,34,35). The average molecular weight is 528 g/mol. The summed E-state index contributed by atoms with van der Waals surface area (Å²) in [5.41, 5.74) is 5.42. The maximum Gasteiger partial charge on any atom is 0.227 e. The zero-order valence-corrected chi connectivity index (χ0v) is 23.6. The molecule has 2 aromatic heterocycles. The van der Waals surface area contributed by atoms with Gasteiger partial charge in [0.05, 0.1) is 15.6 Å². The fourth-order valence-corrected chi connectivity index (χ4v) is 5.53. The first-order chi connectivity index (χ1) is 18.3. The average Bonchev–Trinajstić information content (AvgIpc) is 3.58. The number of likely N-dealkylation sites (tertiary alicyclic amines) is 1. The van der Waals surface area contributed by atoms with Crippen molar-refractivity contribution in [1.82, 2.24) is 14.9 Å². The molecule has 0 amide bonds. The van der Waals surface area contributed by atoms with E-state index in [1.807, 2.05) is 37.4 Å². The third kappa shape index (κ3) is 6.71. The van der Waals surface area contributed by atoms with Crippen molar-refractivity contribution in [3.8, 4) is 16.3 Å². The van der Waals surface area contributed by atoms with Gasteiger partial charge in [-0.2, -0.15) is 0 Å². The Kier molecular flexibility index (Phi) is 7.95. The Morgan fingerprint density at radius 1 is 0.947 bits per heavy atom. The zero-order valence-electron chi connectivity index (χ0n) is 22.8. The number of thiophene rings is 1. The van der Waals surface area contributed by atoms with Gasteiger partial charge < -0.3 is 15.4 Å². The summed E-state index contributed by atoms with van der Waals surface area (Å²) < 4.78 is 5.93. The minimum absolute atomic E-state index is 0.112. The van der Waals surface area contributed by atoms with E-state index in [2.05, 4.69) is 77.7 Å². The van der Waals surface area contributed by atoms with Crippen LogP contribution in [-0.4, -0.2) is 41.1 Å². The normalized spacial score (nSPS) is 14.0.